The highest BCUT2D eigenvalue weighted by molar-refractivity contribution is 8.00. The van der Waals surface area contributed by atoms with Crippen LogP contribution in [-0.2, 0) is 28.8 Å². The van der Waals surface area contributed by atoms with Crippen LogP contribution in [0.4, 0.5) is 28.0 Å². The van der Waals surface area contributed by atoms with Gasteiger partial charge in [-0.2, -0.15) is 15.3 Å². The Morgan fingerprint density at radius 2 is 1.01 bits per heavy atom. The second kappa shape index (κ2) is 28.9. The van der Waals surface area contributed by atoms with E-state index in [2.05, 4.69) is 66.4 Å². The number of rotatable bonds is 14. The predicted octanol–water partition coefficient (Wildman–Crippen LogP) is 10.1. The van der Waals surface area contributed by atoms with E-state index >= 15 is 17.6 Å². The van der Waals surface area contributed by atoms with E-state index in [0.29, 0.717) is 89.0 Å². The molecule has 4 amide bonds. The minimum atomic E-state index is -3.41. The second-order valence-electron chi connectivity index (χ2n) is 26.1. The Kier molecular flexibility index (Phi) is 21.8. The van der Waals surface area contributed by atoms with Gasteiger partial charge in [0.25, 0.3) is 11.8 Å². The predicted molar refractivity (Wildman–Crippen MR) is 363 cm³/mol. The van der Waals surface area contributed by atoms with Crippen LogP contribution in [0.3, 0.4) is 0 Å². The quantitative estimate of drug-likeness (QED) is 0.0396. The lowest BCUT2D eigenvalue weighted by Crippen LogP contribution is -2.49. The van der Waals surface area contributed by atoms with E-state index in [1.54, 1.807) is 28.7 Å². The zero-order valence-electron chi connectivity index (χ0n) is 52.7. The van der Waals surface area contributed by atoms with Gasteiger partial charge >= 0.3 is 6.03 Å². The molecule has 3 aromatic heterocycles. The highest BCUT2D eigenvalue weighted by atomic mass is 35.5. The highest BCUT2D eigenvalue weighted by Gasteiger charge is 2.51. The van der Waals surface area contributed by atoms with Crippen LogP contribution in [0, 0.1) is 30.1 Å². The number of carbonyl (C=O) groups excluding carboxylic acids is 3. The molecule has 510 valence electrons. The summed E-state index contributed by atoms with van der Waals surface area (Å²) in [6.45, 7) is 10.4. The number of aliphatic hydroxyl groups excluding tert-OH is 3. The van der Waals surface area contributed by atoms with Crippen LogP contribution < -0.4 is 5.32 Å². The number of amides is 4. The molecule has 0 radical (unpaired) electrons. The fourth-order valence-electron chi connectivity index (χ4n) is 13.5. The molecular weight excluding hydrogens is 1320 g/mol. The van der Waals surface area contributed by atoms with Crippen LogP contribution in [0.25, 0.3) is 32.7 Å². The summed E-state index contributed by atoms with van der Waals surface area (Å²) in [5, 5.41) is 58.5. The molecule has 29 heteroatoms. The van der Waals surface area contributed by atoms with Gasteiger partial charge in [-0.25, -0.2) is 26.7 Å². The van der Waals surface area contributed by atoms with E-state index in [1.165, 1.54) is 34.3 Å². The molecule has 4 aromatic carbocycles. The average Bonchev–Trinajstić information content (AvgIpc) is 1.16. The van der Waals surface area contributed by atoms with E-state index in [4.69, 9.17) is 34.8 Å². The molecule has 4 unspecified atom stereocenters. The maximum Gasteiger partial charge on any atom is 0.321 e. The van der Waals surface area contributed by atoms with E-state index in [9.17, 15) is 38.1 Å². The number of halogens is 7. The third-order valence-electron chi connectivity index (χ3n) is 19.4. The summed E-state index contributed by atoms with van der Waals surface area (Å²) in [4.78, 5) is 45.0. The fourth-order valence-corrected chi connectivity index (χ4v) is 17.3. The smallest absolute Gasteiger partial charge is 0.321 e. The standard InChI is InChI=1S/C23H33ClN4O3S.C22H23ClF2N4O2.C20H25ClF2N4O3S/c1-23(2,22(30)19-13-18(24)12-16-14-25-26-21(16)19)17-4-6-28(7-5-17)20(29)15-27-8-10-32(3,31)11-9-27;1-13-3-2-4-17(9-13)27-21(31)29-7-5-15(6-8-29)22(24,25)20(30)18-11-16(23)10-14-12-26-28-19(14)18;1-31(30)8-2-5-27(31)12-17(28)26-6-3-14(4-7-26)20(22,23)19(29)16-10-15(21)9-13-11-24-25-18(13)16/h12-14,17,22,30H,3-11,15H2,1-2H3,(H,25,26);2-4,9-12,15,20,30H,5-8H2,1H3,(H,26,28)(H,27,31);9-11,14,19,29H,1-8,12H2,(H,24,25). The average molecular weight is 1400 g/mol. The Morgan fingerprint density at radius 1 is 0.596 bits per heavy atom. The molecule has 0 aliphatic carbocycles. The van der Waals surface area contributed by atoms with E-state index in [0.717, 1.165) is 41.3 Å². The van der Waals surface area contributed by atoms with Crippen molar-refractivity contribution in [2.24, 2.45) is 23.2 Å². The van der Waals surface area contributed by atoms with Gasteiger partial charge in [-0.05, 0) is 139 Å². The van der Waals surface area contributed by atoms with Crippen molar-refractivity contribution in [3.8, 4) is 0 Å². The number of nitrogens with zero attached hydrogens (tertiary/aromatic N) is 8. The van der Waals surface area contributed by atoms with Gasteiger partial charge in [0, 0.05) is 151 Å². The van der Waals surface area contributed by atoms with Crippen molar-refractivity contribution in [2.45, 2.75) is 95.9 Å². The fraction of sp³-hybridized carbons (Fsp3) is 0.508. The zero-order chi connectivity index (χ0) is 67.7. The first-order valence-electron chi connectivity index (χ1n) is 31.4. The van der Waals surface area contributed by atoms with Crippen molar-refractivity contribution in [1.29, 1.82) is 0 Å². The van der Waals surface area contributed by atoms with Gasteiger partial charge in [0.2, 0.25) is 11.8 Å². The van der Waals surface area contributed by atoms with E-state index in [-0.39, 0.29) is 109 Å². The summed E-state index contributed by atoms with van der Waals surface area (Å²) >= 11 is 18.4. The second-order valence-corrected chi connectivity index (χ2v) is 32.6. The number of aryl methyl sites for hydroxylation is 1. The number of hydrogen-bond donors (Lipinski definition) is 7. The molecule has 7 aromatic rings. The number of benzene rings is 4. The summed E-state index contributed by atoms with van der Waals surface area (Å²) in [5.41, 5.74) is 3.55. The Labute approximate surface area is 559 Å². The minimum absolute atomic E-state index is 0.00254. The summed E-state index contributed by atoms with van der Waals surface area (Å²) < 4.78 is 86.9. The largest absolute Gasteiger partial charge is 0.388 e. The molecule has 4 atom stereocenters. The molecule has 12 rings (SSSR count). The lowest BCUT2D eigenvalue weighted by molar-refractivity contribution is -0.164. The summed E-state index contributed by atoms with van der Waals surface area (Å²) in [5.74, 6) is 0.330. The van der Waals surface area contributed by atoms with Crippen LogP contribution in [-0.4, -0.2) is 209 Å². The molecule has 5 aliphatic heterocycles. The molecule has 5 fully saturated rings. The molecule has 20 nitrogen and oxygen atoms in total. The number of piperidine rings is 3. The Bertz CT molecular complexity index is 4080. The number of aromatic nitrogens is 6. The number of carbonyl (C=O) groups is 3. The number of urea groups is 1. The Morgan fingerprint density at radius 3 is 1.44 bits per heavy atom. The number of anilines is 1. The van der Waals surface area contributed by atoms with E-state index in [1.807, 2.05) is 42.2 Å². The Hall–Kier alpha value is -6.07. The first-order chi connectivity index (χ1) is 44.4. The molecule has 7 N–H and O–H groups in total. The number of fused-ring (bicyclic) bond motifs is 3. The summed E-state index contributed by atoms with van der Waals surface area (Å²) in [6.07, 6.45) is 2.55. The normalized spacial score (nSPS) is 21.0. The number of aliphatic hydroxyl groups is 3. The van der Waals surface area contributed by atoms with Gasteiger partial charge in [0.15, 0.2) is 0 Å². The molecule has 0 bridgehead atoms. The molecule has 0 spiro atoms. The van der Waals surface area contributed by atoms with Crippen molar-refractivity contribution in [1.82, 2.24) is 54.5 Å². The number of hydrogen-bond acceptors (Lipinski definition) is 12. The van der Waals surface area contributed by atoms with E-state index < -0.39 is 61.2 Å². The van der Waals surface area contributed by atoms with Crippen LogP contribution in [0.5, 0.6) is 0 Å². The van der Waals surface area contributed by atoms with Crippen molar-refractivity contribution < 1.29 is 55.7 Å². The first kappa shape index (κ1) is 70.7. The van der Waals surface area contributed by atoms with Gasteiger partial charge in [0.05, 0.1) is 54.3 Å². The third kappa shape index (κ3) is 16.0. The molecule has 8 heterocycles. The topological polar surface area (TPSA) is 260 Å². The van der Waals surface area contributed by atoms with Gasteiger partial charge in [-0.1, -0.05) is 60.8 Å². The van der Waals surface area contributed by atoms with Gasteiger partial charge in [-0.3, -0.25) is 38.2 Å². The highest BCUT2D eigenvalue weighted by Crippen LogP contribution is 2.48. The molecule has 5 aliphatic rings. The maximum absolute atomic E-state index is 15.2. The number of nitrogens with one attached hydrogen (secondary N) is 4. The number of H-pyrrole nitrogens is 3. The van der Waals surface area contributed by atoms with Gasteiger partial charge < -0.3 is 35.3 Å². The SMILES string of the molecule is C=S1(=O)CCCN1CC(=O)N1CCC(C(F)(F)C(O)c2cc(Cl)cc3cn[nH]c23)CC1.C=S1(=O)CCN(CC(=O)N2CCC(C(C)(C)C(O)c3cc(Cl)cc4cn[nH]c34)CC2)CC1.Cc1cccc(NC(=O)N2CCC(C(F)(F)C(O)c3cc(Cl)cc4cn[nH]c34)CC2)c1. The number of aromatic amines is 3. The molecule has 94 heavy (non-hydrogen) atoms. The summed E-state index contributed by atoms with van der Waals surface area (Å²) in [7, 11) is -4.35. The van der Waals surface area contributed by atoms with Gasteiger partial charge in [-0.15, -0.1) is 0 Å². The van der Waals surface area contributed by atoms with Crippen LogP contribution in [0.15, 0.2) is 79.3 Å². The third-order valence-corrected chi connectivity index (χ3v) is 24.1. The minimum Gasteiger partial charge on any atom is -0.388 e. The first-order valence-corrected chi connectivity index (χ1v) is 36.5. The maximum atomic E-state index is 15.2. The number of likely N-dealkylation sites (tertiary alicyclic amines) is 3. The van der Waals surface area contributed by atoms with Crippen molar-refractivity contribution in [2.75, 3.05) is 94.6 Å². The lowest BCUT2D eigenvalue weighted by atomic mass is 9.68. The van der Waals surface area contributed by atoms with Crippen LogP contribution in [0.2, 0.25) is 15.1 Å². The molecular formula is C65H81Cl3F4N12O8S2. The van der Waals surface area contributed by atoms with Gasteiger partial charge in [0.1, 0.15) is 12.2 Å². The lowest BCUT2D eigenvalue weighted by Gasteiger charge is -2.43. The Balaban J connectivity index is 0.000000154. The molecule has 0 saturated carbocycles. The summed E-state index contributed by atoms with van der Waals surface area (Å²) in [6, 6.07) is 16.6. The van der Waals surface area contributed by atoms with Crippen LogP contribution >= 0.6 is 34.8 Å². The van der Waals surface area contributed by atoms with Crippen LogP contribution in [0.1, 0.15) is 99.4 Å². The zero-order valence-corrected chi connectivity index (χ0v) is 56.6. The molecule has 5 saturated heterocycles. The van der Waals surface area contributed by atoms with Crippen molar-refractivity contribution in [3.63, 3.8) is 0 Å². The van der Waals surface area contributed by atoms with Crippen molar-refractivity contribution in [3.05, 3.63) is 117 Å². The monoisotopic (exact) mass is 1400 g/mol. The number of alkyl halides is 4. The van der Waals surface area contributed by atoms with Crippen molar-refractivity contribution >= 4 is 122 Å².